The van der Waals surface area contributed by atoms with Crippen molar-refractivity contribution in [2.75, 3.05) is 19.6 Å². The smallest absolute Gasteiger partial charge is 0.407 e. The zero-order valence-electron chi connectivity index (χ0n) is 25.5. The Morgan fingerprint density at radius 3 is 2.48 bits per heavy atom. The first-order valence-corrected chi connectivity index (χ1v) is 15.9. The minimum atomic E-state index is -0.462. The number of carbonyl (C=O) groups is 1. The van der Waals surface area contributed by atoms with Gasteiger partial charge in [0.25, 0.3) is 5.56 Å². The minimum absolute atomic E-state index is 0.223. The molecular formula is C34H43ClN4O3. The molecule has 7 nitrogen and oxygen atoms in total. The van der Waals surface area contributed by atoms with Gasteiger partial charge in [0.2, 0.25) is 0 Å². The molecule has 1 N–H and O–H groups in total. The molecule has 2 aromatic carbocycles. The third kappa shape index (κ3) is 5.58. The molecule has 8 heteroatoms. The van der Waals surface area contributed by atoms with E-state index in [-0.39, 0.29) is 23.1 Å². The van der Waals surface area contributed by atoms with Crippen molar-refractivity contribution in [1.82, 2.24) is 19.8 Å². The quantitative estimate of drug-likeness (QED) is 0.356. The van der Waals surface area contributed by atoms with Crippen molar-refractivity contribution in [3.05, 3.63) is 68.7 Å². The van der Waals surface area contributed by atoms with Gasteiger partial charge in [-0.05, 0) is 127 Å². The lowest BCUT2D eigenvalue weighted by molar-refractivity contribution is 0.0482. The van der Waals surface area contributed by atoms with Gasteiger partial charge in [-0.2, -0.15) is 4.98 Å². The number of piperidine rings is 1. The van der Waals surface area contributed by atoms with Crippen molar-refractivity contribution in [1.29, 1.82) is 0 Å². The molecule has 0 spiro atoms. The summed E-state index contributed by atoms with van der Waals surface area (Å²) in [6.07, 6.45) is 6.35. The van der Waals surface area contributed by atoms with Crippen molar-refractivity contribution in [2.24, 2.45) is 5.92 Å². The molecule has 42 heavy (non-hydrogen) atoms. The molecule has 1 amide bonds. The van der Waals surface area contributed by atoms with Crippen molar-refractivity contribution < 1.29 is 9.53 Å². The Kier molecular flexibility index (Phi) is 7.63. The molecule has 2 aliphatic heterocycles. The van der Waals surface area contributed by atoms with Gasteiger partial charge in [-0.25, -0.2) is 4.79 Å². The Morgan fingerprint density at radius 2 is 1.79 bits per heavy atom. The zero-order valence-corrected chi connectivity index (χ0v) is 26.3. The van der Waals surface area contributed by atoms with E-state index in [9.17, 15) is 9.59 Å². The fraction of sp³-hybridized carbons (Fsp3) is 0.559. The highest BCUT2D eigenvalue weighted by molar-refractivity contribution is 6.35. The number of halogens is 1. The highest BCUT2D eigenvalue weighted by Crippen LogP contribution is 2.45. The van der Waals surface area contributed by atoms with Crippen molar-refractivity contribution in [3.8, 4) is 5.69 Å². The van der Waals surface area contributed by atoms with Crippen LogP contribution in [-0.4, -0.2) is 51.8 Å². The number of likely N-dealkylation sites (tertiary alicyclic amines) is 1. The summed E-state index contributed by atoms with van der Waals surface area (Å²) in [5.41, 5.74) is 3.41. The predicted octanol–water partition coefficient (Wildman–Crippen LogP) is 6.94. The normalized spacial score (nSPS) is 22.5. The largest absolute Gasteiger partial charge is 0.444 e. The summed E-state index contributed by atoms with van der Waals surface area (Å²) in [7, 11) is 0. The maximum absolute atomic E-state index is 13.0. The van der Waals surface area contributed by atoms with E-state index < -0.39 is 5.60 Å². The van der Waals surface area contributed by atoms with E-state index in [2.05, 4.69) is 51.8 Å². The van der Waals surface area contributed by atoms with Crippen molar-refractivity contribution in [2.45, 2.75) is 96.1 Å². The number of amides is 1. The zero-order chi connectivity index (χ0) is 29.8. The summed E-state index contributed by atoms with van der Waals surface area (Å²) >= 11 is 6.43. The Labute approximate surface area is 253 Å². The van der Waals surface area contributed by atoms with Crippen LogP contribution in [0.5, 0.6) is 0 Å². The third-order valence-corrected chi connectivity index (χ3v) is 9.82. The molecule has 0 radical (unpaired) electrons. The number of hydrogen-bond acceptors (Lipinski definition) is 5. The summed E-state index contributed by atoms with van der Waals surface area (Å²) in [6, 6.07) is 12.7. The fourth-order valence-electron chi connectivity index (χ4n) is 7.29. The van der Waals surface area contributed by atoms with Gasteiger partial charge in [0.1, 0.15) is 11.4 Å². The van der Waals surface area contributed by atoms with E-state index in [0.717, 1.165) is 75.2 Å². The molecule has 0 unspecified atom stereocenters. The summed E-state index contributed by atoms with van der Waals surface area (Å²) in [6.45, 7) is 13.4. The van der Waals surface area contributed by atoms with Crippen LogP contribution < -0.4 is 10.9 Å². The second-order valence-electron chi connectivity index (χ2n) is 14.1. The number of rotatable bonds is 4. The first-order valence-electron chi connectivity index (χ1n) is 15.5. The molecule has 3 aromatic rings. The maximum atomic E-state index is 13.0. The molecule has 0 bridgehead atoms. The van der Waals surface area contributed by atoms with Crippen LogP contribution in [0, 0.1) is 5.92 Å². The molecule has 3 aliphatic rings. The van der Waals surface area contributed by atoms with Crippen LogP contribution in [0.1, 0.15) is 96.0 Å². The second-order valence-corrected chi connectivity index (χ2v) is 14.5. The lowest BCUT2D eigenvalue weighted by atomic mass is 9.81. The van der Waals surface area contributed by atoms with Crippen LogP contribution in [0.25, 0.3) is 16.6 Å². The number of carbonyl (C=O) groups excluding carboxylic acids is 1. The summed E-state index contributed by atoms with van der Waals surface area (Å²) < 4.78 is 7.56. The van der Waals surface area contributed by atoms with Gasteiger partial charge < -0.3 is 15.0 Å². The number of aromatic nitrogens is 2. The van der Waals surface area contributed by atoms with E-state index >= 15 is 0 Å². The molecule has 2 fully saturated rings. The topological polar surface area (TPSA) is 76.5 Å². The number of ether oxygens (including phenoxy) is 1. The Morgan fingerprint density at radius 1 is 1.07 bits per heavy atom. The van der Waals surface area contributed by atoms with E-state index in [1.54, 1.807) is 6.07 Å². The number of benzene rings is 2. The first kappa shape index (κ1) is 29.2. The van der Waals surface area contributed by atoms with Gasteiger partial charge in [0, 0.05) is 12.6 Å². The average Bonchev–Trinajstić information content (AvgIpc) is 3.15. The van der Waals surface area contributed by atoms with E-state index in [4.69, 9.17) is 16.3 Å². The molecule has 6 rings (SSSR count). The number of alkyl carbamates (subject to hydrolysis) is 1. The van der Waals surface area contributed by atoms with Crippen LogP contribution in [0.3, 0.4) is 0 Å². The van der Waals surface area contributed by atoms with Gasteiger partial charge in [-0.15, -0.1) is 0 Å². The number of fused-ring (bicyclic) bond motifs is 5. The van der Waals surface area contributed by atoms with Crippen molar-refractivity contribution in [3.63, 3.8) is 0 Å². The van der Waals surface area contributed by atoms with Gasteiger partial charge >= 0.3 is 6.09 Å². The lowest BCUT2D eigenvalue weighted by Crippen LogP contribution is -2.43. The third-order valence-electron chi connectivity index (χ3n) is 9.50. The van der Waals surface area contributed by atoms with Crippen LogP contribution >= 0.6 is 11.6 Å². The lowest BCUT2D eigenvalue weighted by Gasteiger charge is -2.37. The maximum Gasteiger partial charge on any atom is 0.407 e. The predicted molar refractivity (Wildman–Crippen MR) is 168 cm³/mol. The van der Waals surface area contributed by atoms with E-state index in [1.807, 2.05) is 32.9 Å². The molecular weight excluding hydrogens is 548 g/mol. The molecule has 224 valence electrons. The summed E-state index contributed by atoms with van der Waals surface area (Å²) in [4.78, 5) is 32.3. The minimum Gasteiger partial charge on any atom is -0.444 e. The number of nitrogens with zero attached hydrogens (tertiary/aromatic N) is 3. The van der Waals surface area contributed by atoms with Crippen LogP contribution in [0.4, 0.5) is 4.79 Å². The Bertz CT molecular complexity index is 1560. The molecule has 3 heterocycles. The van der Waals surface area contributed by atoms with Crippen LogP contribution in [0.15, 0.2) is 41.2 Å². The first-order chi connectivity index (χ1) is 19.9. The monoisotopic (exact) mass is 590 g/mol. The van der Waals surface area contributed by atoms with Gasteiger partial charge in [-0.1, -0.05) is 29.8 Å². The van der Waals surface area contributed by atoms with Crippen LogP contribution in [0.2, 0.25) is 5.02 Å². The highest BCUT2D eigenvalue weighted by atomic mass is 35.5. The van der Waals surface area contributed by atoms with E-state index in [1.165, 1.54) is 11.1 Å². The van der Waals surface area contributed by atoms with Gasteiger partial charge in [0.15, 0.2) is 0 Å². The second kappa shape index (κ2) is 11.0. The molecule has 1 aromatic heterocycles. The summed E-state index contributed by atoms with van der Waals surface area (Å²) in [5.74, 6) is 2.00. The SMILES string of the molecule is CC(C)(C)OC(=O)NC1CCC(CN2CCC(c3ccc4c(c3)C(C)(C)c3nc(=O)c5c(Cl)cccc5n3-4)CC2)CC1. The molecule has 1 aliphatic carbocycles. The van der Waals surface area contributed by atoms with Crippen molar-refractivity contribution >= 4 is 28.6 Å². The summed E-state index contributed by atoms with van der Waals surface area (Å²) in [5, 5.41) is 3.99. The average molecular weight is 591 g/mol. The van der Waals surface area contributed by atoms with Gasteiger partial charge in [0.05, 0.1) is 27.0 Å². The number of nitrogens with one attached hydrogen (secondary N) is 1. The standard InChI is InChI=1S/C34H43ClN4O3/c1-33(2,3)42-32(41)36-24-12-9-21(10-13-24)20-38-17-15-22(16-18-38)23-11-14-27-25(19-23)34(4,5)31-37-30(40)29-26(35)7-6-8-28(29)39(27)31/h6-8,11,14,19,21-22,24H,9-10,12-13,15-18,20H2,1-5H3,(H,36,41). The molecule has 1 saturated heterocycles. The van der Waals surface area contributed by atoms with E-state index in [0.29, 0.717) is 22.2 Å². The number of hydrogen-bond donors (Lipinski definition) is 1. The highest BCUT2D eigenvalue weighted by Gasteiger charge is 2.39. The molecule has 0 atom stereocenters. The van der Waals surface area contributed by atoms with Gasteiger partial charge in [-0.3, -0.25) is 9.36 Å². The van der Waals surface area contributed by atoms with Crippen LogP contribution in [-0.2, 0) is 10.2 Å². The fourth-order valence-corrected chi connectivity index (χ4v) is 7.54. The molecule has 1 saturated carbocycles. The Hall–Kier alpha value is -2.90. The Balaban J connectivity index is 1.08.